The van der Waals surface area contributed by atoms with Crippen LogP contribution in [0.2, 0.25) is 0 Å². The minimum Gasteiger partial charge on any atom is -0.465 e. The second-order valence-electron chi connectivity index (χ2n) is 6.82. The monoisotopic (exact) mass is 382 g/mol. The highest BCUT2D eigenvalue weighted by Crippen LogP contribution is 2.31. The van der Waals surface area contributed by atoms with Gasteiger partial charge >= 0.3 is 5.97 Å². The number of rotatable bonds is 6. The van der Waals surface area contributed by atoms with Crippen molar-refractivity contribution in [2.75, 3.05) is 19.7 Å². The number of thioether (sulfide) groups is 1. The topological polar surface area (TPSA) is 42.4 Å². The first kappa shape index (κ1) is 19.5. The van der Waals surface area contributed by atoms with E-state index in [2.05, 4.69) is 56.8 Å². The molecule has 0 aliphatic carbocycles. The number of nitrogens with zero attached hydrogens (tertiary/aromatic N) is 2. The SMILES string of the molecule is C=C1c2ccc(-c3cccc(SC(C)C)n3)cc2CCN1CC(=O)OCC. The van der Waals surface area contributed by atoms with Gasteiger partial charge < -0.3 is 9.64 Å². The second-order valence-corrected chi connectivity index (χ2v) is 8.42. The molecule has 27 heavy (non-hydrogen) atoms. The predicted molar refractivity (Wildman–Crippen MR) is 112 cm³/mol. The van der Waals surface area contributed by atoms with E-state index in [1.54, 1.807) is 11.8 Å². The van der Waals surface area contributed by atoms with Crippen LogP contribution in [0.15, 0.2) is 48.0 Å². The zero-order valence-corrected chi connectivity index (χ0v) is 17.0. The summed E-state index contributed by atoms with van der Waals surface area (Å²) in [7, 11) is 0. The van der Waals surface area contributed by atoms with Crippen LogP contribution in [0.3, 0.4) is 0 Å². The number of fused-ring (bicyclic) bond motifs is 1. The Hall–Kier alpha value is -2.27. The van der Waals surface area contributed by atoms with E-state index in [1.165, 1.54) is 5.56 Å². The molecule has 0 bridgehead atoms. The van der Waals surface area contributed by atoms with Crippen molar-refractivity contribution in [3.63, 3.8) is 0 Å². The number of carbonyl (C=O) groups excluding carboxylic acids is 1. The van der Waals surface area contributed by atoms with Gasteiger partial charge in [0, 0.05) is 28.6 Å². The zero-order valence-electron chi connectivity index (χ0n) is 16.2. The van der Waals surface area contributed by atoms with E-state index < -0.39 is 0 Å². The molecule has 0 atom stereocenters. The Balaban J connectivity index is 1.81. The Labute approximate surface area is 165 Å². The number of esters is 1. The first-order valence-corrected chi connectivity index (χ1v) is 10.2. The minimum absolute atomic E-state index is 0.206. The fourth-order valence-corrected chi connectivity index (χ4v) is 4.01. The average molecular weight is 383 g/mol. The molecule has 0 fully saturated rings. The number of benzene rings is 1. The molecule has 5 heteroatoms. The van der Waals surface area contributed by atoms with Gasteiger partial charge in [-0.25, -0.2) is 4.98 Å². The highest BCUT2D eigenvalue weighted by Gasteiger charge is 2.22. The van der Waals surface area contributed by atoms with Crippen LogP contribution in [-0.4, -0.2) is 40.8 Å². The summed E-state index contributed by atoms with van der Waals surface area (Å²) >= 11 is 1.77. The van der Waals surface area contributed by atoms with Crippen LogP contribution >= 0.6 is 11.8 Å². The Morgan fingerprint density at radius 2 is 2.15 bits per heavy atom. The second kappa shape index (κ2) is 8.61. The van der Waals surface area contributed by atoms with Crippen LogP contribution in [-0.2, 0) is 16.0 Å². The molecule has 0 spiro atoms. The molecule has 2 heterocycles. The normalized spacial score (nSPS) is 13.6. The molecule has 3 rings (SSSR count). The first-order valence-electron chi connectivity index (χ1n) is 9.34. The van der Waals surface area contributed by atoms with Gasteiger partial charge in [-0.15, -0.1) is 11.8 Å². The van der Waals surface area contributed by atoms with E-state index in [9.17, 15) is 4.79 Å². The van der Waals surface area contributed by atoms with Crippen molar-refractivity contribution in [2.24, 2.45) is 0 Å². The summed E-state index contributed by atoms with van der Waals surface area (Å²) in [6.45, 7) is 11.8. The standard InChI is InChI=1S/C22H26N2O2S/c1-5-26-22(25)14-24-12-11-17-13-18(9-10-19(17)16(24)4)20-7-6-8-21(23-20)27-15(2)3/h6-10,13,15H,4-5,11-12,14H2,1-3H3. The molecule has 0 saturated carbocycles. The Morgan fingerprint density at radius 3 is 2.89 bits per heavy atom. The van der Waals surface area contributed by atoms with Gasteiger partial charge in [0.2, 0.25) is 0 Å². The molecular formula is C22H26N2O2S. The van der Waals surface area contributed by atoms with E-state index >= 15 is 0 Å². The van der Waals surface area contributed by atoms with Crippen LogP contribution in [0.5, 0.6) is 0 Å². The van der Waals surface area contributed by atoms with Crippen molar-refractivity contribution in [3.05, 3.63) is 54.1 Å². The van der Waals surface area contributed by atoms with Crippen molar-refractivity contribution in [1.82, 2.24) is 9.88 Å². The summed E-state index contributed by atoms with van der Waals surface area (Å²) in [5.74, 6) is -0.206. The van der Waals surface area contributed by atoms with E-state index in [4.69, 9.17) is 9.72 Å². The maximum absolute atomic E-state index is 11.8. The molecule has 0 amide bonds. The number of aromatic nitrogens is 1. The number of pyridine rings is 1. The van der Waals surface area contributed by atoms with E-state index in [-0.39, 0.29) is 12.5 Å². The summed E-state index contributed by atoms with van der Waals surface area (Å²) in [5.41, 5.74) is 5.34. The molecule has 4 nitrogen and oxygen atoms in total. The predicted octanol–water partition coefficient (Wildman–Crippen LogP) is 4.64. The fraction of sp³-hybridized carbons (Fsp3) is 0.364. The molecule has 0 N–H and O–H groups in total. The molecule has 0 radical (unpaired) electrons. The van der Waals surface area contributed by atoms with Gasteiger partial charge in [0.15, 0.2) is 0 Å². The van der Waals surface area contributed by atoms with E-state index in [0.29, 0.717) is 11.9 Å². The molecule has 142 valence electrons. The maximum atomic E-state index is 11.8. The number of ether oxygens (including phenoxy) is 1. The van der Waals surface area contributed by atoms with Crippen LogP contribution in [0.25, 0.3) is 17.0 Å². The molecular weight excluding hydrogens is 356 g/mol. The van der Waals surface area contributed by atoms with Gasteiger partial charge in [-0.1, -0.05) is 38.6 Å². The Morgan fingerprint density at radius 1 is 1.33 bits per heavy atom. The first-order chi connectivity index (χ1) is 13.0. The van der Waals surface area contributed by atoms with Crippen molar-refractivity contribution in [1.29, 1.82) is 0 Å². The number of carbonyl (C=O) groups is 1. The minimum atomic E-state index is -0.206. The van der Waals surface area contributed by atoms with Gasteiger partial charge in [0.25, 0.3) is 0 Å². The number of hydrogen-bond donors (Lipinski definition) is 0. The van der Waals surface area contributed by atoms with Crippen LogP contribution in [0.1, 0.15) is 31.9 Å². The summed E-state index contributed by atoms with van der Waals surface area (Å²) < 4.78 is 5.06. The summed E-state index contributed by atoms with van der Waals surface area (Å²) in [4.78, 5) is 18.6. The van der Waals surface area contributed by atoms with Crippen molar-refractivity contribution in [3.8, 4) is 11.3 Å². The maximum Gasteiger partial charge on any atom is 0.325 e. The quantitative estimate of drug-likeness (QED) is 0.538. The van der Waals surface area contributed by atoms with Crippen LogP contribution in [0.4, 0.5) is 0 Å². The third-order valence-corrected chi connectivity index (χ3v) is 5.39. The lowest BCUT2D eigenvalue weighted by atomic mass is 9.94. The molecule has 0 unspecified atom stereocenters. The largest absolute Gasteiger partial charge is 0.465 e. The molecule has 0 saturated heterocycles. The molecule has 2 aromatic rings. The molecule has 1 aliphatic rings. The van der Waals surface area contributed by atoms with Gasteiger partial charge in [-0.05, 0) is 37.1 Å². The summed E-state index contributed by atoms with van der Waals surface area (Å²) in [6.07, 6.45) is 0.877. The smallest absolute Gasteiger partial charge is 0.325 e. The Kier molecular flexibility index (Phi) is 6.22. The van der Waals surface area contributed by atoms with E-state index in [1.807, 2.05) is 11.8 Å². The van der Waals surface area contributed by atoms with Crippen LogP contribution in [0, 0.1) is 0 Å². The van der Waals surface area contributed by atoms with E-state index in [0.717, 1.165) is 40.5 Å². The number of hydrogen-bond acceptors (Lipinski definition) is 5. The lowest BCUT2D eigenvalue weighted by Crippen LogP contribution is -2.34. The molecule has 1 aromatic heterocycles. The highest BCUT2D eigenvalue weighted by atomic mass is 32.2. The van der Waals surface area contributed by atoms with Gasteiger partial charge in [-0.3, -0.25) is 4.79 Å². The lowest BCUT2D eigenvalue weighted by Gasteiger charge is -2.32. The molecule has 1 aromatic carbocycles. The zero-order chi connectivity index (χ0) is 19.4. The third kappa shape index (κ3) is 4.72. The molecule has 1 aliphatic heterocycles. The summed E-state index contributed by atoms with van der Waals surface area (Å²) in [6, 6.07) is 12.6. The van der Waals surface area contributed by atoms with Crippen LogP contribution < -0.4 is 0 Å². The van der Waals surface area contributed by atoms with Crippen molar-refractivity contribution in [2.45, 2.75) is 37.5 Å². The lowest BCUT2D eigenvalue weighted by molar-refractivity contribution is -0.143. The van der Waals surface area contributed by atoms with Gasteiger partial charge in [0.1, 0.15) is 6.54 Å². The van der Waals surface area contributed by atoms with Gasteiger partial charge in [0.05, 0.1) is 17.3 Å². The average Bonchev–Trinajstić information content (AvgIpc) is 2.64. The van der Waals surface area contributed by atoms with Crippen molar-refractivity contribution < 1.29 is 9.53 Å². The fourth-order valence-electron chi connectivity index (χ4n) is 3.22. The van der Waals surface area contributed by atoms with Crippen molar-refractivity contribution >= 4 is 23.4 Å². The Bertz CT molecular complexity index is 848. The highest BCUT2D eigenvalue weighted by molar-refractivity contribution is 7.99. The van der Waals surface area contributed by atoms with Gasteiger partial charge in [-0.2, -0.15) is 0 Å². The third-order valence-electron chi connectivity index (χ3n) is 4.45. The summed E-state index contributed by atoms with van der Waals surface area (Å²) in [5, 5.41) is 1.55.